The van der Waals surface area contributed by atoms with Gasteiger partial charge in [-0.3, -0.25) is 0 Å². The highest BCUT2D eigenvalue weighted by Gasteiger charge is 2.18. The van der Waals surface area contributed by atoms with E-state index in [4.69, 9.17) is 0 Å². The van der Waals surface area contributed by atoms with Crippen LogP contribution in [0.1, 0.15) is 29.2 Å². The number of hydrogen-bond acceptors (Lipinski definition) is 4. The number of aryl methyl sites for hydroxylation is 1. The summed E-state index contributed by atoms with van der Waals surface area (Å²) in [5.74, 6) is 0. The predicted octanol–water partition coefficient (Wildman–Crippen LogP) is 4.93. The summed E-state index contributed by atoms with van der Waals surface area (Å²) in [7, 11) is 0. The van der Waals surface area contributed by atoms with Crippen LogP contribution in [0.4, 0.5) is 0 Å². The summed E-state index contributed by atoms with van der Waals surface area (Å²) < 4.78 is 2.34. The lowest BCUT2D eigenvalue weighted by Crippen LogP contribution is -2.22. The van der Waals surface area contributed by atoms with Crippen LogP contribution >= 0.6 is 54.5 Å². The maximum atomic E-state index is 4.55. The van der Waals surface area contributed by atoms with E-state index in [2.05, 4.69) is 60.5 Å². The lowest BCUT2D eigenvalue weighted by atomic mass is 10.1. The van der Waals surface area contributed by atoms with Crippen molar-refractivity contribution in [3.05, 3.63) is 35.3 Å². The number of hydrogen-bond donors (Lipinski definition) is 1. The molecule has 0 bridgehead atoms. The number of nitrogens with one attached hydrogen (secondary N) is 1. The van der Waals surface area contributed by atoms with Crippen molar-refractivity contribution in [3.8, 4) is 0 Å². The highest BCUT2D eigenvalue weighted by atomic mass is 79.9. The third-order valence-electron chi connectivity index (χ3n) is 2.55. The van der Waals surface area contributed by atoms with E-state index in [0.29, 0.717) is 6.04 Å². The summed E-state index contributed by atoms with van der Waals surface area (Å²) in [6.45, 7) is 5.13. The Kier molecular flexibility index (Phi) is 5.38. The van der Waals surface area contributed by atoms with Gasteiger partial charge in [0.1, 0.15) is 0 Å². The lowest BCUT2D eigenvalue weighted by Gasteiger charge is -2.16. The van der Waals surface area contributed by atoms with Gasteiger partial charge >= 0.3 is 0 Å². The van der Waals surface area contributed by atoms with Gasteiger partial charge < -0.3 is 5.32 Å². The Morgan fingerprint density at radius 2 is 2.22 bits per heavy atom. The minimum absolute atomic E-state index is 0.317. The Morgan fingerprint density at radius 3 is 2.72 bits per heavy atom. The van der Waals surface area contributed by atoms with Crippen LogP contribution in [0.15, 0.2) is 19.0 Å². The fourth-order valence-electron chi connectivity index (χ4n) is 1.80. The average molecular weight is 410 g/mol. The molecule has 0 saturated carbocycles. The first-order valence-electron chi connectivity index (χ1n) is 5.69. The van der Waals surface area contributed by atoms with Gasteiger partial charge in [0.05, 0.1) is 12.6 Å². The topological polar surface area (TPSA) is 24.9 Å². The second-order valence-electron chi connectivity index (χ2n) is 3.98. The molecule has 6 heteroatoms. The zero-order chi connectivity index (χ0) is 13.1. The SMILES string of the molecule is CCNC(Cc1nc(C)cs1)c1cc(Br)sc1Br. The molecule has 98 valence electrons. The summed E-state index contributed by atoms with van der Waals surface area (Å²) in [6.07, 6.45) is 0.939. The standard InChI is InChI=1S/C12H14Br2N2S2/c1-3-15-9(5-11-16-7(2)6-17-11)8-4-10(13)18-12(8)14/h4,6,9,15H,3,5H2,1-2H3. The van der Waals surface area contributed by atoms with Crippen LogP contribution in [0.25, 0.3) is 0 Å². The number of nitrogens with zero attached hydrogens (tertiary/aromatic N) is 1. The highest BCUT2D eigenvalue weighted by Crippen LogP contribution is 2.36. The molecule has 0 radical (unpaired) electrons. The number of rotatable bonds is 5. The minimum Gasteiger partial charge on any atom is -0.310 e. The third kappa shape index (κ3) is 3.63. The largest absolute Gasteiger partial charge is 0.310 e. The molecule has 1 unspecified atom stereocenters. The molecule has 18 heavy (non-hydrogen) atoms. The normalized spacial score (nSPS) is 12.9. The molecule has 2 aromatic rings. The Hall–Kier alpha value is 0.250. The molecule has 1 N–H and O–H groups in total. The molecule has 0 aliphatic heterocycles. The molecule has 2 aromatic heterocycles. The molecule has 2 rings (SSSR count). The zero-order valence-corrected chi connectivity index (χ0v) is 15.0. The van der Waals surface area contributed by atoms with Gasteiger partial charge in [0, 0.05) is 23.5 Å². The first-order valence-corrected chi connectivity index (χ1v) is 8.97. The minimum atomic E-state index is 0.317. The van der Waals surface area contributed by atoms with Crippen LogP contribution in [0.2, 0.25) is 0 Å². The van der Waals surface area contributed by atoms with Gasteiger partial charge in [0.25, 0.3) is 0 Å². The molecule has 0 saturated heterocycles. The molecular weight excluding hydrogens is 396 g/mol. The van der Waals surface area contributed by atoms with Crippen LogP contribution in [-0.4, -0.2) is 11.5 Å². The smallest absolute Gasteiger partial charge is 0.0947 e. The van der Waals surface area contributed by atoms with E-state index >= 15 is 0 Å². The van der Waals surface area contributed by atoms with Crippen LogP contribution in [-0.2, 0) is 6.42 Å². The molecule has 0 aliphatic carbocycles. The molecule has 2 heterocycles. The summed E-state index contributed by atoms with van der Waals surface area (Å²) >= 11 is 10.6. The van der Waals surface area contributed by atoms with Crippen molar-refractivity contribution in [3.63, 3.8) is 0 Å². The molecule has 0 spiro atoms. The Bertz CT molecular complexity index is 522. The Morgan fingerprint density at radius 1 is 1.44 bits per heavy atom. The molecule has 1 atom stereocenters. The summed E-state index contributed by atoms with van der Waals surface area (Å²) in [5, 5.41) is 6.83. The van der Waals surface area contributed by atoms with Gasteiger partial charge in [0.15, 0.2) is 0 Å². The number of aromatic nitrogens is 1. The summed E-state index contributed by atoms with van der Waals surface area (Å²) in [6, 6.07) is 2.50. The van der Waals surface area contributed by atoms with E-state index in [0.717, 1.165) is 22.4 Å². The number of thiazole rings is 1. The first kappa shape index (κ1) is 14.7. The molecule has 0 aromatic carbocycles. The predicted molar refractivity (Wildman–Crippen MR) is 86.7 cm³/mol. The van der Waals surface area contributed by atoms with E-state index in [-0.39, 0.29) is 0 Å². The lowest BCUT2D eigenvalue weighted by molar-refractivity contribution is 0.548. The van der Waals surface area contributed by atoms with Crippen molar-refractivity contribution in [2.24, 2.45) is 0 Å². The Balaban J connectivity index is 2.20. The van der Waals surface area contributed by atoms with Crippen LogP contribution in [0.5, 0.6) is 0 Å². The van der Waals surface area contributed by atoms with E-state index in [1.807, 2.05) is 6.92 Å². The van der Waals surface area contributed by atoms with E-state index < -0.39 is 0 Å². The quantitative estimate of drug-likeness (QED) is 0.756. The van der Waals surface area contributed by atoms with Gasteiger partial charge in [-0.05, 0) is 57.0 Å². The second-order valence-corrected chi connectivity index (χ2v) is 8.67. The highest BCUT2D eigenvalue weighted by molar-refractivity contribution is 9.12. The monoisotopic (exact) mass is 408 g/mol. The van der Waals surface area contributed by atoms with Crippen LogP contribution in [0.3, 0.4) is 0 Å². The molecular formula is C12H14Br2N2S2. The fourth-order valence-corrected chi connectivity index (χ4v) is 5.59. The van der Waals surface area contributed by atoms with Crippen LogP contribution < -0.4 is 5.32 Å². The number of halogens is 2. The average Bonchev–Trinajstić information content (AvgIpc) is 2.84. The summed E-state index contributed by atoms with van der Waals surface area (Å²) in [4.78, 5) is 4.55. The van der Waals surface area contributed by atoms with Crippen molar-refractivity contribution < 1.29 is 0 Å². The molecule has 2 nitrogen and oxygen atoms in total. The Labute approximate surface area is 132 Å². The van der Waals surface area contributed by atoms with Crippen LogP contribution in [0, 0.1) is 6.92 Å². The van der Waals surface area contributed by atoms with Gasteiger partial charge in [-0.2, -0.15) is 0 Å². The van der Waals surface area contributed by atoms with E-state index in [1.165, 1.54) is 14.4 Å². The van der Waals surface area contributed by atoms with Crippen molar-refractivity contribution in [1.82, 2.24) is 10.3 Å². The van der Waals surface area contributed by atoms with Crippen molar-refractivity contribution >= 4 is 54.5 Å². The first-order chi connectivity index (χ1) is 8.60. The van der Waals surface area contributed by atoms with Crippen molar-refractivity contribution in [1.29, 1.82) is 0 Å². The third-order valence-corrected chi connectivity index (χ3v) is 5.93. The molecule has 0 aliphatic rings. The second kappa shape index (κ2) is 6.61. The van der Waals surface area contributed by atoms with Crippen molar-refractivity contribution in [2.45, 2.75) is 26.3 Å². The van der Waals surface area contributed by atoms with E-state index in [1.54, 1.807) is 22.7 Å². The maximum absolute atomic E-state index is 4.55. The van der Waals surface area contributed by atoms with E-state index in [9.17, 15) is 0 Å². The summed E-state index contributed by atoms with van der Waals surface area (Å²) in [5.41, 5.74) is 2.41. The van der Waals surface area contributed by atoms with Gasteiger partial charge in [-0.25, -0.2) is 4.98 Å². The molecule has 0 amide bonds. The van der Waals surface area contributed by atoms with Crippen molar-refractivity contribution in [2.75, 3.05) is 6.54 Å². The van der Waals surface area contributed by atoms with Gasteiger partial charge in [-0.1, -0.05) is 6.92 Å². The fraction of sp³-hybridized carbons (Fsp3) is 0.417. The number of likely N-dealkylation sites (N-methyl/N-ethyl adjacent to an activating group) is 1. The zero-order valence-electron chi connectivity index (χ0n) is 10.2. The number of thiophene rings is 1. The maximum Gasteiger partial charge on any atom is 0.0947 e. The van der Waals surface area contributed by atoms with Gasteiger partial charge in [0.2, 0.25) is 0 Å². The molecule has 0 fully saturated rings. The van der Waals surface area contributed by atoms with Gasteiger partial charge in [-0.15, -0.1) is 22.7 Å².